The Balaban J connectivity index is 1.39. The largest absolute Gasteiger partial charge is 0.360 e. The summed E-state index contributed by atoms with van der Waals surface area (Å²) in [5.74, 6) is -0.0388. The van der Waals surface area contributed by atoms with Gasteiger partial charge in [-0.15, -0.1) is 0 Å². The minimum atomic E-state index is -3.68. The number of carbonyl (C=O) groups is 2. The van der Waals surface area contributed by atoms with Crippen LogP contribution in [0.15, 0.2) is 9.42 Å². The molecule has 0 bridgehead atoms. The molecule has 4 rings (SSSR count). The lowest BCUT2D eigenvalue weighted by molar-refractivity contribution is -0.135. The van der Waals surface area contributed by atoms with Crippen molar-refractivity contribution in [2.45, 2.75) is 44.0 Å². The molecule has 1 unspecified atom stereocenters. The summed E-state index contributed by atoms with van der Waals surface area (Å²) in [6.45, 7) is 5.58. The molecule has 3 saturated heterocycles. The van der Waals surface area contributed by atoms with Crippen molar-refractivity contribution in [3.05, 3.63) is 11.5 Å². The maximum atomic E-state index is 12.8. The molecule has 2 amide bonds. The van der Waals surface area contributed by atoms with Crippen LogP contribution in [-0.4, -0.2) is 78.3 Å². The van der Waals surface area contributed by atoms with Gasteiger partial charge in [0.1, 0.15) is 10.6 Å². The average molecular weight is 396 g/mol. The van der Waals surface area contributed by atoms with E-state index >= 15 is 0 Å². The molecule has 3 aliphatic rings. The van der Waals surface area contributed by atoms with E-state index in [2.05, 4.69) is 5.16 Å². The fourth-order valence-electron chi connectivity index (χ4n) is 4.23. The number of aromatic nitrogens is 1. The molecule has 3 fully saturated rings. The third-order valence-corrected chi connectivity index (χ3v) is 7.84. The summed E-state index contributed by atoms with van der Waals surface area (Å²) in [4.78, 5) is 28.6. The van der Waals surface area contributed by atoms with Crippen LogP contribution in [0.1, 0.15) is 30.7 Å². The Hall–Kier alpha value is -1.94. The topological polar surface area (TPSA) is 104 Å². The predicted octanol–water partition coefficient (Wildman–Crippen LogP) is 0.135. The zero-order valence-corrected chi connectivity index (χ0v) is 16.4. The maximum absolute atomic E-state index is 12.8. The number of carbonyl (C=O) groups excluding carboxylic acids is 2. The summed E-state index contributed by atoms with van der Waals surface area (Å²) < 4.78 is 31.8. The monoisotopic (exact) mass is 396 g/mol. The van der Waals surface area contributed by atoms with Gasteiger partial charge in [0.15, 0.2) is 5.76 Å². The SMILES string of the molecule is Cc1noc(C)c1S(=O)(=O)N1CC(N2CC(C(=O)N3CCCC3)CC2=O)C1. The van der Waals surface area contributed by atoms with E-state index in [0.29, 0.717) is 12.2 Å². The van der Waals surface area contributed by atoms with E-state index in [4.69, 9.17) is 4.52 Å². The first-order valence-electron chi connectivity index (χ1n) is 9.30. The first-order valence-corrected chi connectivity index (χ1v) is 10.7. The Labute approximate surface area is 158 Å². The van der Waals surface area contributed by atoms with E-state index in [1.165, 1.54) is 4.31 Å². The van der Waals surface area contributed by atoms with Gasteiger partial charge in [0.05, 0.1) is 12.0 Å². The fourth-order valence-corrected chi connectivity index (χ4v) is 6.03. The predicted molar refractivity (Wildman–Crippen MR) is 94.2 cm³/mol. The van der Waals surface area contributed by atoms with Gasteiger partial charge in [0.2, 0.25) is 21.8 Å². The molecule has 1 atom stereocenters. The number of likely N-dealkylation sites (tertiary alicyclic amines) is 2. The number of sulfonamides is 1. The van der Waals surface area contributed by atoms with Crippen LogP contribution in [0, 0.1) is 19.8 Å². The van der Waals surface area contributed by atoms with Crippen molar-refractivity contribution < 1.29 is 22.5 Å². The second kappa shape index (κ2) is 6.59. The highest BCUT2D eigenvalue weighted by Crippen LogP contribution is 2.31. The number of rotatable bonds is 4. The van der Waals surface area contributed by atoms with Crippen molar-refractivity contribution in [2.24, 2.45) is 5.92 Å². The second-order valence-corrected chi connectivity index (χ2v) is 9.48. The van der Waals surface area contributed by atoms with Crippen molar-refractivity contribution in [3.63, 3.8) is 0 Å². The second-order valence-electron chi connectivity index (χ2n) is 7.61. The third-order valence-electron chi connectivity index (χ3n) is 5.76. The molecule has 27 heavy (non-hydrogen) atoms. The minimum absolute atomic E-state index is 0.0582. The third kappa shape index (κ3) is 3.04. The van der Waals surface area contributed by atoms with Crippen LogP contribution in [0.25, 0.3) is 0 Å². The van der Waals surface area contributed by atoms with Crippen LogP contribution >= 0.6 is 0 Å². The molecule has 1 aromatic rings. The minimum Gasteiger partial charge on any atom is -0.360 e. The smallest absolute Gasteiger partial charge is 0.248 e. The molecular formula is C17H24N4O5S. The van der Waals surface area contributed by atoms with Gasteiger partial charge in [-0.05, 0) is 26.7 Å². The lowest BCUT2D eigenvalue weighted by atomic mass is 10.1. The molecule has 148 valence electrons. The van der Waals surface area contributed by atoms with E-state index < -0.39 is 10.0 Å². The molecule has 0 aromatic carbocycles. The summed E-state index contributed by atoms with van der Waals surface area (Å²) in [6.07, 6.45) is 2.27. The van der Waals surface area contributed by atoms with Crippen LogP contribution in [0.2, 0.25) is 0 Å². The van der Waals surface area contributed by atoms with Crippen LogP contribution in [0.3, 0.4) is 0 Å². The van der Waals surface area contributed by atoms with E-state index in [1.54, 1.807) is 18.7 Å². The van der Waals surface area contributed by atoms with Gasteiger partial charge in [-0.3, -0.25) is 9.59 Å². The summed E-state index contributed by atoms with van der Waals surface area (Å²) in [5, 5.41) is 3.71. The average Bonchev–Trinajstić information content (AvgIpc) is 3.27. The van der Waals surface area contributed by atoms with Gasteiger partial charge >= 0.3 is 0 Å². The lowest BCUT2D eigenvalue weighted by Crippen LogP contribution is -2.61. The summed E-state index contributed by atoms with van der Waals surface area (Å²) in [7, 11) is -3.68. The molecule has 0 radical (unpaired) electrons. The number of amides is 2. The van der Waals surface area contributed by atoms with E-state index in [1.807, 2.05) is 4.90 Å². The van der Waals surface area contributed by atoms with Crippen molar-refractivity contribution in [2.75, 3.05) is 32.7 Å². The zero-order chi connectivity index (χ0) is 19.3. The Morgan fingerprint density at radius 3 is 2.41 bits per heavy atom. The fraction of sp³-hybridized carbons (Fsp3) is 0.706. The van der Waals surface area contributed by atoms with E-state index in [9.17, 15) is 18.0 Å². The zero-order valence-electron chi connectivity index (χ0n) is 15.5. The summed E-state index contributed by atoms with van der Waals surface area (Å²) >= 11 is 0. The van der Waals surface area contributed by atoms with Crippen LogP contribution in [0.5, 0.6) is 0 Å². The summed E-state index contributed by atoms with van der Waals surface area (Å²) in [6, 6.07) is -0.177. The molecule has 0 N–H and O–H groups in total. The number of nitrogens with zero attached hydrogens (tertiary/aromatic N) is 4. The van der Waals surface area contributed by atoms with Crippen molar-refractivity contribution in [1.29, 1.82) is 0 Å². The van der Waals surface area contributed by atoms with Gasteiger partial charge in [-0.1, -0.05) is 5.16 Å². The number of hydrogen-bond acceptors (Lipinski definition) is 6. The molecule has 9 nitrogen and oxygen atoms in total. The Morgan fingerprint density at radius 2 is 1.81 bits per heavy atom. The van der Waals surface area contributed by atoms with Crippen LogP contribution in [-0.2, 0) is 19.6 Å². The maximum Gasteiger partial charge on any atom is 0.248 e. The number of hydrogen-bond donors (Lipinski definition) is 0. The quantitative estimate of drug-likeness (QED) is 0.717. The normalized spacial score (nSPS) is 24.7. The lowest BCUT2D eigenvalue weighted by Gasteiger charge is -2.42. The molecule has 0 aliphatic carbocycles. The first kappa shape index (κ1) is 18.4. The Kier molecular flexibility index (Phi) is 4.50. The highest BCUT2D eigenvalue weighted by Gasteiger charge is 2.47. The molecule has 4 heterocycles. The van der Waals surface area contributed by atoms with Crippen LogP contribution < -0.4 is 0 Å². The van der Waals surface area contributed by atoms with Gasteiger partial charge in [0, 0.05) is 39.1 Å². The molecule has 1 aromatic heterocycles. The highest BCUT2D eigenvalue weighted by molar-refractivity contribution is 7.89. The van der Waals surface area contributed by atoms with Crippen molar-refractivity contribution in [3.8, 4) is 0 Å². The van der Waals surface area contributed by atoms with Gasteiger partial charge in [-0.2, -0.15) is 4.31 Å². The molecular weight excluding hydrogens is 372 g/mol. The molecule has 0 saturated carbocycles. The van der Waals surface area contributed by atoms with Crippen molar-refractivity contribution >= 4 is 21.8 Å². The van der Waals surface area contributed by atoms with E-state index in [0.717, 1.165) is 25.9 Å². The standard InChI is InChI=1S/C17H24N4O5S/c1-11-16(12(2)26-18-11)27(24,25)20-9-14(10-20)21-8-13(7-15(21)22)17(23)19-5-3-4-6-19/h13-14H,3-10H2,1-2H3. The molecule has 0 spiro atoms. The molecule has 10 heteroatoms. The van der Waals surface area contributed by atoms with Gasteiger partial charge in [-0.25, -0.2) is 8.42 Å². The molecule has 3 aliphatic heterocycles. The highest BCUT2D eigenvalue weighted by atomic mass is 32.2. The van der Waals surface area contributed by atoms with Gasteiger partial charge < -0.3 is 14.3 Å². The van der Waals surface area contributed by atoms with E-state index in [-0.39, 0.29) is 53.9 Å². The number of aryl methyl sites for hydroxylation is 2. The van der Waals surface area contributed by atoms with Gasteiger partial charge in [0.25, 0.3) is 0 Å². The summed E-state index contributed by atoms with van der Waals surface area (Å²) in [5.41, 5.74) is 0.337. The first-order chi connectivity index (χ1) is 12.8. The Bertz CT molecular complexity index is 848. The van der Waals surface area contributed by atoms with Crippen molar-refractivity contribution in [1.82, 2.24) is 19.3 Å². The Morgan fingerprint density at radius 1 is 1.15 bits per heavy atom. The van der Waals surface area contributed by atoms with Crippen LogP contribution in [0.4, 0.5) is 0 Å².